The topological polar surface area (TPSA) is 44.8 Å². The third-order valence-electron chi connectivity index (χ3n) is 4.04. The summed E-state index contributed by atoms with van der Waals surface area (Å²) in [6, 6.07) is 4.53. The van der Waals surface area contributed by atoms with Gasteiger partial charge in [0.2, 0.25) is 0 Å². The molecule has 0 bridgehead atoms. The van der Waals surface area contributed by atoms with Crippen LogP contribution >= 0.6 is 11.8 Å². The molecule has 7 heteroatoms. The highest BCUT2D eigenvalue weighted by atomic mass is 32.2. The molecule has 0 spiro atoms. The first-order chi connectivity index (χ1) is 11.3. The maximum atomic E-state index is 14.2. The van der Waals surface area contributed by atoms with E-state index in [1.165, 1.54) is 12.1 Å². The molecule has 134 valence electrons. The van der Waals surface area contributed by atoms with Crippen LogP contribution in [0.4, 0.5) is 14.9 Å². The van der Waals surface area contributed by atoms with Crippen LogP contribution in [0.25, 0.3) is 0 Å². The molecular weight excluding hydrogens is 329 g/mol. The van der Waals surface area contributed by atoms with Crippen LogP contribution in [0, 0.1) is 5.82 Å². The van der Waals surface area contributed by atoms with Crippen LogP contribution in [-0.2, 0) is 0 Å². The second kappa shape index (κ2) is 8.07. The van der Waals surface area contributed by atoms with E-state index in [4.69, 9.17) is 4.74 Å². The van der Waals surface area contributed by atoms with E-state index in [1.54, 1.807) is 22.7 Å². The Bertz CT molecular complexity index is 583. The number of urea groups is 1. The van der Waals surface area contributed by atoms with E-state index in [0.29, 0.717) is 30.1 Å². The summed E-state index contributed by atoms with van der Waals surface area (Å²) >= 11 is 1.75. The molecule has 24 heavy (non-hydrogen) atoms. The van der Waals surface area contributed by atoms with Gasteiger partial charge in [0.05, 0.1) is 11.8 Å². The molecule has 1 aliphatic rings. The van der Waals surface area contributed by atoms with Gasteiger partial charge in [-0.3, -0.25) is 0 Å². The van der Waals surface area contributed by atoms with E-state index in [9.17, 15) is 9.18 Å². The van der Waals surface area contributed by atoms with E-state index in [-0.39, 0.29) is 17.8 Å². The van der Waals surface area contributed by atoms with Gasteiger partial charge in [0, 0.05) is 30.4 Å². The lowest BCUT2D eigenvalue weighted by Gasteiger charge is -2.23. The smallest absolute Gasteiger partial charge is 0.322 e. The monoisotopic (exact) mass is 355 g/mol. The number of halogens is 1. The number of nitrogens with zero attached hydrogens (tertiary/aromatic N) is 2. The zero-order valence-corrected chi connectivity index (χ0v) is 15.7. The fourth-order valence-corrected chi connectivity index (χ4v) is 3.76. The van der Waals surface area contributed by atoms with E-state index in [2.05, 4.69) is 16.5 Å². The molecule has 5 nitrogen and oxygen atoms in total. The standard InChI is InChI=1S/C17H26FN3O2S/c1-11(2)23-12-6-7-14(13(18)8-12)19-17(22)21-9-15(20(3)4)16(10-21)24-5/h6-8,11,15-16H,9-10H2,1-5H3,(H,19,22)/t15-,16-/m0/s1. The normalized spacial score (nSPS) is 20.8. The largest absolute Gasteiger partial charge is 0.491 e. The molecule has 1 aliphatic heterocycles. The molecule has 0 aliphatic carbocycles. The maximum absolute atomic E-state index is 14.2. The van der Waals surface area contributed by atoms with Crippen LogP contribution in [0.5, 0.6) is 5.75 Å². The fourth-order valence-electron chi connectivity index (χ4n) is 2.79. The van der Waals surface area contributed by atoms with Crippen LogP contribution in [-0.4, -0.2) is 66.7 Å². The maximum Gasteiger partial charge on any atom is 0.322 e. The molecule has 1 aromatic carbocycles. The summed E-state index contributed by atoms with van der Waals surface area (Å²) in [6.45, 7) is 5.06. The summed E-state index contributed by atoms with van der Waals surface area (Å²) in [5.41, 5.74) is 0.171. The van der Waals surface area contributed by atoms with Crippen molar-refractivity contribution in [3.8, 4) is 5.75 Å². The van der Waals surface area contributed by atoms with Gasteiger partial charge in [0.25, 0.3) is 0 Å². The lowest BCUT2D eigenvalue weighted by atomic mass is 10.2. The van der Waals surface area contributed by atoms with Crippen molar-refractivity contribution in [1.29, 1.82) is 0 Å². The van der Waals surface area contributed by atoms with Gasteiger partial charge >= 0.3 is 6.03 Å². The van der Waals surface area contributed by atoms with Crippen molar-refractivity contribution in [2.45, 2.75) is 31.2 Å². The van der Waals surface area contributed by atoms with Gasteiger partial charge in [-0.15, -0.1) is 0 Å². The number of anilines is 1. The highest BCUT2D eigenvalue weighted by Gasteiger charge is 2.36. The lowest BCUT2D eigenvalue weighted by Crippen LogP contribution is -2.38. The number of nitrogens with one attached hydrogen (secondary N) is 1. The van der Waals surface area contributed by atoms with Crippen molar-refractivity contribution in [3.63, 3.8) is 0 Å². The van der Waals surface area contributed by atoms with Gasteiger partial charge in [-0.05, 0) is 46.3 Å². The number of rotatable bonds is 5. The van der Waals surface area contributed by atoms with Crippen molar-refractivity contribution >= 4 is 23.5 Å². The number of likely N-dealkylation sites (tertiary alicyclic amines) is 1. The number of hydrogen-bond donors (Lipinski definition) is 1. The molecule has 1 heterocycles. The van der Waals surface area contributed by atoms with Crippen LogP contribution in [0.15, 0.2) is 18.2 Å². The number of carbonyl (C=O) groups is 1. The number of benzene rings is 1. The van der Waals surface area contributed by atoms with Gasteiger partial charge in [0.1, 0.15) is 11.6 Å². The minimum absolute atomic E-state index is 0.0270. The molecule has 0 unspecified atom stereocenters. The number of hydrogen-bond acceptors (Lipinski definition) is 4. The van der Waals surface area contributed by atoms with Gasteiger partial charge in [0.15, 0.2) is 0 Å². The fraction of sp³-hybridized carbons (Fsp3) is 0.588. The Labute approximate surface area is 147 Å². The van der Waals surface area contributed by atoms with E-state index < -0.39 is 5.82 Å². The molecule has 2 amide bonds. The first kappa shape index (κ1) is 18.9. The average molecular weight is 355 g/mol. The third kappa shape index (κ3) is 4.54. The molecule has 1 N–H and O–H groups in total. The average Bonchev–Trinajstić information content (AvgIpc) is 2.94. The molecule has 1 saturated heterocycles. The van der Waals surface area contributed by atoms with Crippen molar-refractivity contribution < 1.29 is 13.9 Å². The van der Waals surface area contributed by atoms with Gasteiger partial charge in [-0.2, -0.15) is 11.8 Å². The Balaban J connectivity index is 2.02. The predicted octanol–water partition coefficient (Wildman–Crippen LogP) is 3.12. The number of ether oxygens (including phenoxy) is 1. The van der Waals surface area contributed by atoms with E-state index >= 15 is 0 Å². The minimum atomic E-state index is -0.494. The van der Waals surface area contributed by atoms with Gasteiger partial charge < -0.3 is 19.9 Å². The summed E-state index contributed by atoms with van der Waals surface area (Å²) in [5.74, 6) is -0.0388. The Hall–Kier alpha value is -1.47. The first-order valence-corrected chi connectivity index (χ1v) is 9.32. The SMILES string of the molecule is CS[C@H]1CN(C(=O)Nc2ccc(OC(C)C)cc2F)C[C@@H]1N(C)C. The Kier molecular flexibility index (Phi) is 6.34. The molecule has 0 aromatic heterocycles. The number of thioether (sulfide) groups is 1. The summed E-state index contributed by atoms with van der Waals surface area (Å²) in [6.07, 6.45) is 2.02. The van der Waals surface area contributed by atoms with Crippen LogP contribution < -0.4 is 10.1 Å². The van der Waals surface area contributed by atoms with Crippen LogP contribution in [0.1, 0.15) is 13.8 Å². The highest BCUT2D eigenvalue weighted by Crippen LogP contribution is 2.26. The van der Waals surface area contributed by atoms with E-state index in [1.807, 2.05) is 27.9 Å². The van der Waals surface area contributed by atoms with Crippen LogP contribution in [0.2, 0.25) is 0 Å². The van der Waals surface area contributed by atoms with Crippen molar-refractivity contribution in [1.82, 2.24) is 9.80 Å². The summed E-state index contributed by atoms with van der Waals surface area (Å²) in [4.78, 5) is 16.3. The summed E-state index contributed by atoms with van der Waals surface area (Å²) in [7, 11) is 4.03. The minimum Gasteiger partial charge on any atom is -0.491 e. The Morgan fingerprint density at radius 3 is 2.62 bits per heavy atom. The Morgan fingerprint density at radius 2 is 2.12 bits per heavy atom. The third-order valence-corrected chi connectivity index (χ3v) is 5.11. The zero-order valence-electron chi connectivity index (χ0n) is 14.9. The second-order valence-corrected chi connectivity index (χ2v) is 7.53. The molecule has 1 fully saturated rings. The van der Waals surface area contributed by atoms with E-state index in [0.717, 1.165) is 0 Å². The molecule has 0 saturated carbocycles. The number of carbonyl (C=O) groups excluding carboxylic acids is 1. The van der Waals surface area contributed by atoms with Crippen molar-refractivity contribution in [2.24, 2.45) is 0 Å². The predicted molar refractivity (Wildman–Crippen MR) is 97.5 cm³/mol. The molecule has 0 radical (unpaired) electrons. The molecule has 2 atom stereocenters. The van der Waals surface area contributed by atoms with Crippen LogP contribution in [0.3, 0.4) is 0 Å². The molecule has 2 rings (SSSR count). The van der Waals surface area contributed by atoms with Gasteiger partial charge in [-0.1, -0.05) is 0 Å². The quantitative estimate of drug-likeness (QED) is 0.881. The lowest BCUT2D eigenvalue weighted by molar-refractivity contribution is 0.216. The Morgan fingerprint density at radius 1 is 1.42 bits per heavy atom. The molecular formula is C17H26FN3O2S. The van der Waals surface area contributed by atoms with Gasteiger partial charge in [-0.25, -0.2) is 9.18 Å². The van der Waals surface area contributed by atoms with Crippen molar-refractivity contribution in [3.05, 3.63) is 24.0 Å². The highest BCUT2D eigenvalue weighted by molar-refractivity contribution is 7.99. The van der Waals surface area contributed by atoms with Crippen molar-refractivity contribution in [2.75, 3.05) is 38.8 Å². The summed E-state index contributed by atoms with van der Waals surface area (Å²) < 4.78 is 19.6. The number of amides is 2. The summed E-state index contributed by atoms with van der Waals surface area (Å²) in [5, 5.41) is 3.02. The zero-order chi connectivity index (χ0) is 17.9. The molecule has 1 aromatic rings. The first-order valence-electron chi connectivity index (χ1n) is 8.03. The number of likely N-dealkylation sites (N-methyl/N-ethyl adjacent to an activating group) is 1. The second-order valence-electron chi connectivity index (χ2n) is 6.45.